The number of aromatic nitrogens is 1. The zero-order chi connectivity index (χ0) is 24.8. The van der Waals surface area contributed by atoms with Crippen LogP contribution in [0, 0.1) is 0 Å². The minimum Gasteiger partial charge on any atom is -0.388 e. The lowest BCUT2D eigenvalue weighted by atomic mass is 9.73. The number of benzene rings is 2. The summed E-state index contributed by atoms with van der Waals surface area (Å²) in [4.78, 5) is 31.7. The molecule has 184 valence electrons. The van der Waals surface area contributed by atoms with E-state index in [1.807, 2.05) is 53.6 Å². The van der Waals surface area contributed by atoms with Crippen LogP contribution in [0.3, 0.4) is 0 Å². The summed E-state index contributed by atoms with van der Waals surface area (Å²) in [7, 11) is 0. The van der Waals surface area contributed by atoms with Gasteiger partial charge in [-0.1, -0.05) is 42.5 Å². The monoisotopic (exact) mass is 474 g/mol. The third-order valence-electron chi connectivity index (χ3n) is 7.80. The number of piperidine rings is 1. The molecule has 2 atom stereocenters. The van der Waals surface area contributed by atoms with E-state index in [0.29, 0.717) is 25.9 Å². The standard InChI is InChI=1S/C28H34N4O3/c1-27(2,29)26(35)31-23(15-18-17-30-22-10-6-4-7-19(18)22)25(34)32-13-11-28(12-14-32)16-24(33)20-8-3-5-9-21(20)28/h3-10,17,23-24,30,33H,11-16,29H2,1-2H3,(H,31,35)/t23-,24+/m0/s1. The molecule has 2 amide bonds. The second-order valence-electron chi connectivity index (χ2n) is 10.7. The van der Waals surface area contributed by atoms with Crippen molar-refractivity contribution in [3.05, 3.63) is 71.4 Å². The number of hydrogen-bond acceptors (Lipinski definition) is 4. The molecule has 1 spiro atoms. The number of para-hydroxylation sites is 1. The van der Waals surface area contributed by atoms with Crippen LogP contribution in [0.2, 0.25) is 0 Å². The van der Waals surface area contributed by atoms with Crippen LogP contribution in [0.1, 0.15) is 55.9 Å². The maximum atomic E-state index is 13.7. The zero-order valence-corrected chi connectivity index (χ0v) is 20.4. The van der Waals surface area contributed by atoms with Crippen molar-refractivity contribution in [3.8, 4) is 0 Å². The van der Waals surface area contributed by atoms with E-state index in [4.69, 9.17) is 5.73 Å². The minimum atomic E-state index is -1.09. The first-order chi connectivity index (χ1) is 16.7. The van der Waals surface area contributed by atoms with Crippen molar-refractivity contribution in [2.24, 2.45) is 5.73 Å². The number of nitrogens with zero attached hydrogens (tertiary/aromatic N) is 1. The van der Waals surface area contributed by atoms with E-state index in [2.05, 4.69) is 16.4 Å². The van der Waals surface area contributed by atoms with Gasteiger partial charge in [0.15, 0.2) is 0 Å². The molecule has 7 heteroatoms. The van der Waals surface area contributed by atoms with Crippen LogP contribution >= 0.6 is 0 Å². The third kappa shape index (κ3) is 4.34. The molecule has 5 rings (SSSR count). The van der Waals surface area contributed by atoms with Crippen molar-refractivity contribution in [1.29, 1.82) is 0 Å². The Morgan fingerprint density at radius 2 is 1.86 bits per heavy atom. The lowest BCUT2D eigenvalue weighted by molar-refractivity contribution is -0.138. The Morgan fingerprint density at radius 3 is 2.60 bits per heavy atom. The molecule has 0 radical (unpaired) electrons. The van der Waals surface area contributed by atoms with Gasteiger partial charge in [-0.2, -0.15) is 0 Å². The number of carbonyl (C=O) groups is 2. The maximum absolute atomic E-state index is 13.7. The van der Waals surface area contributed by atoms with Gasteiger partial charge in [-0.3, -0.25) is 9.59 Å². The molecule has 0 bridgehead atoms. The number of aromatic amines is 1. The number of aliphatic hydroxyl groups excluding tert-OH is 1. The number of hydrogen-bond donors (Lipinski definition) is 4. The van der Waals surface area contributed by atoms with Crippen LogP contribution in [0.5, 0.6) is 0 Å². The number of likely N-dealkylation sites (tertiary alicyclic amines) is 1. The van der Waals surface area contributed by atoms with Crippen molar-refractivity contribution in [2.45, 2.75) is 62.6 Å². The maximum Gasteiger partial charge on any atom is 0.245 e. The Hall–Kier alpha value is -3.16. The van der Waals surface area contributed by atoms with Crippen molar-refractivity contribution >= 4 is 22.7 Å². The number of amides is 2. The molecule has 1 aliphatic carbocycles. The average Bonchev–Trinajstić information content (AvgIpc) is 3.37. The summed E-state index contributed by atoms with van der Waals surface area (Å²) in [5.41, 5.74) is 9.07. The molecule has 2 aliphatic rings. The van der Waals surface area contributed by atoms with E-state index >= 15 is 0 Å². The molecule has 3 aromatic rings. The highest BCUT2D eigenvalue weighted by molar-refractivity contribution is 5.92. The van der Waals surface area contributed by atoms with Crippen LogP contribution in [0.15, 0.2) is 54.7 Å². The van der Waals surface area contributed by atoms with Crippen molar-refractivity contribution < 1.29 is 14.7 Å². The molecule has 1 aromatic heterocycles. The fraction of sp³-hybridized carbons (Fsp3) is 0.429. The van der Waals surface area contributed by atoms with E-state index in [9.17, 15) is 14.7 Å². The summed E-state index contributed by atoms with van der Waals surface area (Å²) in [5, 5.41) is 14.6. The van der Waals surface area contributed by atoms with Crippen LogP contribution in [-0.2, 0) is 21.4 Å². The summed E-state index contributed by atoms with van der Waals surface area (Å²) < 4.78 is 0. The Bertz CT molecular complexity index is 1250. The molecule has 0 unspecified atom stereocenters. The second kappa shape index (κ2) is 8.81. The molecule has 2 aromatic carbocycles. The molecule has 2 heterocycles. The lowest BCUT2D eigenvalue weighted by Gasteiger charge is -2.41. The van der Waals surface area contributed by atoms with Crippen LogP contribution in [-0.4, -0.2) is 51.5 Å². The van der Waals surface area contributed by atoms with E-state index < -0.39 is 17.7 Å². The predicted octanol–water partition coefficient (Wildman–Crippen LogP) is 2.93. The van der Waals surface area contributed by atoms with Crippen LogP contribution < -0.4 is 11.1 Å². The Morgan fingerprint density at radius 1 is 1.17 bits per heavy atom. The molecular formula is C28H34N4O3. The van der Waals surface area contributed by atoms with E-state index in [1.165, 1.54) is 5.56 Å². The summed E-state index contributed by atoms with van der Waals surface area (Å²) in [6.07, 6.45) is 4.13. The normalized spacial score (nSPS) is 20.1. The van der Waals surface area contributed by atoms with Gasteiger partial charge in [0.05, 0.1) is 11.6 Å². The van der Waals surface area contributed by atoms with Gasteiger partial charge in [0.2, 0.25) is 11.8 Å². The first-order valence-electron chi connectivity index (χ1n) is 12.4. The lowest BCUT2D eigenvalue weighted by Crippen LogP contribution is -2.58. The van der Waals surface area contributed by atoms with E-state index in [0.717, 1.165) is 34.9 Å². The Balaban J connectivity index is 1.36. The summed E-state index contributed by atoms with van der Waals surface area (Å²) in [5.74, 6) is -0.438. The second-order valence-corrected chi connectivity index (χ2v) is 10.7. The van der Waals surface area contributed by atoms with E-state index in [-0.39, 0.29) is 17.2 Å². The molecular weight excluding hydrogens is 440 g/mol. The fourth-order valence-electron chi connectivity index (χ4n) is 5.77. The molecule has 1 saturated heterocycles. The number of aliphatic hydroxyl groups is 1. The van der Waals surface area contributed by atoms with Gasteiger partial charge < -0.3 is 26.0 Å². The smallest absolute Gasteiger partial charge is 0.245 e. The van der Waals surface area contributed by atoms with Crippen LogP contribution in [0.4, 0.5) is 0 Å². The molecule has 35 heavy (non-hydrogen) atoms. The van der Waals surface area contributed by atoms with Gasteiger partial charge in [0, 0.05) is 42.0 Å². The number of fused-ring (bicyclic) bond motifs is 3. The van der Waals surface area contributed by atoms with Crippen LogP contribution in [0.25, 0.3) is 10.9 Å². The summed E-state index contributed by atoms with van der Waals surface area (Å²) in [6.45, 7) is 4.46. The Labute approximate surface area is 205 Å². The predicted molar refractivity (Wildman–Crippen MR) is 136 cm³/mol. The fourth-order valence-corrected chi connectivity index (χ4v) is 5.77. The molecule has 0 saturated carbocycles. The van der Waals surface area contributed by atoms with Gasteiger partial charge >= 0.3 is 0 Å². The quantitative estimate of drug-likeness (QED) is 0.456. The topological polar surface area (TPSA) is 111 Å². The van der Waals surface area contributed by atoms with Crippen molar-refractivity contribution in [3.63, 3.8) is 0 Å². The van der Waals surface area contributed by atoms with Gasteiger partial charge in [0.1, 0.15) is 6.04 Å². The Kier molecular flexibility index (Phi) is 5.93. The first-order valence-corrected chi connectivity index (χ1v) is 12.4. The van der Waals surface area contributed by atoms with Gasteiger partial charge in [-0.15, -0.1) is 0 Å². The largest absolute Gasteiger partial charge is 0.388 e. The van der Waals surface area contributed by atoms with Gasteiger partial charge in [-0.25, -0.2) is 0 Å². The number of H-pyrrole nitrogens is 1. The molecule has 1 aliphatic heterocycles. The molecule has 7 nitrogen and oxygen atoms in total. The SMILES string of the molecule is CC(C)(N)C(=O)N[C@@H](Cc1c[nH]c2ccccc12)C(=O)N1CCC2(CC1)C[C@@H](O)c1ccccc12. The number of rotatable bonds is 5. The highest BCUT2D eigenvalue weighted by atomic mass is 16.3. The number of nitrogens with two attached hydrogens (primary N) is 1. The molecule has 5 N–H and O–H groups in total. The van der Waals surface area contributed by atoms with Gasteiger partial charge in [-0.05, 0) is 55.9 Å². The van der Waals surface area contributed by atoms with Gasteiger partial charge in [0.25, 0.3) is 0 Å². The summed E-state index contributed by atoms with van der Waals surface area (Å²) >= 11 is 0. The molecule has 1 fully saturated rings. The number of carbonyl (C=O) groups excluding carboxylic acids is 2. The van der Waals surface area contributed by atoms with Crippen molar-refractivity contribution in [1.82, 2.24) is 15.2 Å². The highest BCUT2D eigenvalue weighted by Gasteiger charge is 2.46. The third-order valence-corrected chi connectivity index (χ3v) is 7.80. The zero-order valence-electron chi connectivity index (χ0n) is 20.4. The number of nitrogens with one attached hydrogen (secondary N) is 2. The van der Waals surface area contributed by atoms with E-state index in [1.54, 1.807) is 13.8 Å². The average molecular weight is 475 g/mol. The first kappa shape index (κ1) is 23.6. The summed E-state index contributed by atoms with van der Waals surface area (Å²) in [6, 6.07) is 15.4. The minimum absolute atomic E-state index is 0.0884. The van der Waals surface area contributed by atoms with Crippen molar-refractivity contribution in [2.75, 3.05) is 13.1 Å². The highest BCUT2D eigenvalue weighted by Crippen LogP contribution is 2.50.